The van der Waals surface area contributed by atoms with Crippen LogP contribution in [0.1, 0.15) is 27.0 Å². The number of esters is 1. The second-order valence-electron chi connectivity index (χ2n) is 4.58. The van der Waals surface area contributed by atoms with Crippen molar-refractivity contribution in [3.63, 3.8) is 0 Å². The minimum atomic E-state index is -4.51. The average Bonchev–Trinajstić information content (AvgIpc) is 2.82. The summed E-state index contributed by atoms with van der Waals surface area (Å²) in [6.07, 6.45) is -1.15. The topological polar surface area (TPSA) is 44.1 Å². The molecule has 0 atom stereocenters. The Labute approximate surface area is 119 Å². The van der Waals surface area contributed by atoms with Gasteiger partial charge in [-0.1, -0.05) is 6.07 Å². The van der Waals surface area contributed by atoms with Gasteiger partial charge in [-0.3, -0.25) is 4.68 Å². The summed E-state index contributed by atoms with van der Waals surface area (Å²) in [5.74, 6) is -0.806. The molecule has 0 unspecified atom stereocenters. The highest BCUT2D eigenvalue weighted by atomic mass is 19.4. The zero-order chi connectivity index (χ0) is 15.6. The maximum atomic E-state index is 12.7. The number of ether oxygens (including phenoxy) is 1. The van der Waals surface area contributed by atoms with Crippen LogP contribution < -0.4 is 0 Å². The van der Waals surface area contributed by atoms with E-state index in [1.54, 1.807) is 17.1 Å². The van der Waals surface area contributed by atoms with Crippen LogP contribution in [0.15, 0.2) is 30.6 Å². The van der Waals surface area contributed by atoms with Crippen molar-refractivity contribution in [2.45, 2.75) is 19.6 Å². The normalized spacial score (nSPS) is 11.5. The first-order valence-electron chi connectivity index (χ1n) is 6.09. The van der Waals surface area contributed by atoms with Crippen molar-refractivity contribution in [2.24, 2.45) is 0 Å². The van der Waals surface area contributed by atoms with Gasteiger partial charge < -0.3 is 4.74 Å². The van der Waals surface area contributed by atoms with E-state index in [2.05, 4.69) is 9.84 Å². The fourth-order valence-corrected chi connectivity index (χ4v) is 1.92. The molecule has 0 spiro atoms. The van der Waals surface area contributed by atoms with Crippen molar-refractivity contribution in [2.75, 3.05) is 7.11 Å². The minimum Gasteiger partial charge on any atom is -0.465 e. The molecule has 1 aromatic heterocycles. The Kier molecular flexibility index (Phi) is 4.02. The third-order valence-electron chi connectivity index (χ3n) is 2.94. The van der Waals surface area contributed by atoms with E-state index in [0.717, 1.165) is 24.8 Å². The lowest BCUT2D eigenvalue weighted by Crippen LogP contribution is -2.13. The van der Waals surface area contributed by atoms with E-state index in [0.29, 0.717) is 5.56 Å². The van der Waals surface area contributed by atoms with Gasteiger partial charge in [0, 0.05) is 6.20 Å². The predicted octanol–water partition coefficient (Wildman–Crippen LogP) is 3.05. The van der Waals surface area contributed by atoms with Gasteiger partial charge in [0.05, 0.1) is 31.0 Å². The lowest BCUT2D eigenvalue weighted by molar-refractivity contribution is -0.137. The molecule has 0 radical (unpaired) electrons. The van der Waals surface area contributed by atoms with E-state index in [1.165, 1.54) is 6.07 Å². The summed E-state index contributed by atoms with van der Waals surface area (Å²) in [4.78, 5) is 11.7. The van der Waals surface area contributed by atoms with Crippen LogP contribution in [-0.4, -0.2) is 22.9 Å². The first kappa shape index (κ1) is 15.1. The van der Waals surface area contributed by atoms with Gasteiger partial charge in [0.1, 0.15) is 0 Å². The van der Waals surface area contributed by atoms with Crippen molar-refractivity contribution in [1.82, 2.24) is 9.78 Å². The van der Waals surface area contributed by atoms with Crippen molar-refractivity contribution >= 4 is 5.97 Å². The van der Waals surface area contributed by atoms with Gasteiger partial charge in [0.15, 0.2) is 0 Å². The highest BCUT2D eigenvalue weighted by Crippen LogP contribution is 2.31. The number of hydrogen-bond donors (Lipinski definition) is 0. The van der Waals surface area contributed by atoms with E-state index < -0.39 is 17.7 Å². The molecular formula is C14H13F3N2O2. The summed E-state index contributed by atoms with van der Waals surface area (Å²) < 4.78 is 44.3. The molecule has 21 heavy (non-hydrogen) atoms. The SMILES string of the molecule is COC(=O)c1cc(C(F)(F)F)ccc1Cn1cc(C)cn1. The molecule has 0 saturated heterocycles. The fourth-order valence-electron chi connectivity index (χ4n) is 1.92. The van der Waals surface area contributed by atoms with Gasteiger partial charge in [0.2, 0.25) is 0 Å². The summed E-state index contributed by atoms with van der Waals surface area (Å²) in [6, 6.07) is 3.02. The summed E-state index contributed by atoms with van der Waals surface area (Å²) in [5.41, 5.74) is 0.336. The average molecular weight is 298 g/mol. The van der Waals surface area contributed by atoms with E-state index in [1.807, 2.05) is 6.92 Å². The second kappa shape index (κ2) is 5.59. The van der Waals surface area contributed by atoms with Crippen molar-refractivity contribution in [3.05, 3.63) is 52.8 Å². The van der Waals surface area contributed by atoms with Crippen LogP contribution in [0.3, 0.4) is 0 Å². The molecule has 7 heteroatoms. The molecule has 0 amide bonds. The number of carbonyl (C=O) groups is 1. The van der Waals surface area contributed by atoms with Gasteiger partial charge in [-0.25, -0.2) is 4.79 Å². The zero-order valence-electron chi connectivity index (χ0n) is 11.4. The molecule has 2 rings (SSSR count). The van der Waals surface area contributed by atoms with E-state index in [-0.39, 0.29) is 12.1 Å². The van der Waals surface area contributed by atoms with Crippen LogP contribution in [-0.2, 0) is 17.5 Å². The highest BCUT2D eigenvalue weighted by molar-refractivity contribution is 5.91. The molecule has 0 saturated carbocycles. The maximum absolute atomic E-state index is 12.7. The standard InChI is InChI=1S/C14H13F3N2O2/c1-9-6-18-19(7-9)8-10-3-4-11(14(15,16)17)5-12(10)13(20)21-2/h3-7H,8H2,1-2H3. The smallest absolute Gasteiger partial charge is 0.416 e. The number of halogens is 3. The van der Waals surface area contributed by atoms with Crippen LogP contribution in [0.25, 0.3) is 0 Å². The highest BCUT2D eigenvalue weighted by Gasteiger charge is 2.32. The number of methoxy groups -OCH3 is 1. The molecule has 0 aliphatic carbocycles. The number of alkyl halides is 3. The Bertz CT molecular complexity index is 662. The Hall–Kier alpha value is -2.31. The number of aryl methyl sites for hydroxylation is 1. The maximum Gasteiger partial charge on any atom is 0.416 e. The van der Waals surface area contributed by atoms with Gasteiger partial charge in [-0.15, -0.1) is 0 Å². The summed E-state index contributed by atoms with van der Waals surface area (Å²) >= 11 is 0. The molecule has 0 aliphatic heterocycles. The van der Waals surface area contributed by atoms with Gasteiger partial charge in [0.25, 0.3) is 0 Å². The quantitative estimate of drug-likeness (QED) is 0.818. The molecule has 2 aromatic rings. The van der Waals surface area contributed by atoms with Crippen molar-refractivity contribution in [3.8, 4) is 0 Å². The lowest BCUT2D eigenvalue weighted by atomic mass is 10.0. The van der Waals surface area contributed by atoms with Crippen molar-refractivity contribution < 1.29 is 22.7 Å². The van der Waals surface area contributed by atoms with Crippen LogP contribution in [0, 0.1) is 6.92 Å². The Morgan fingerprint density at radius 1 is 1.38 bits per heavy atom. The molecular weight excluding hydrogens is 285 g/mol. The fraction of sp³-hybridized carbons (Fsp3) is 0.286. The minimum absolute atomic E-state index is 0.111. The Balaban J connectivity index is 2.42. The monoisotopic (exact) mass is 298 g/mol. The van der Waals surface area contributed by atoms with Crippen LogP contribution in [0.2, 0.25) is 0 Å². The van der Waals surface area contributed by atoms with E-state index in [9.17, 15) is 18.0 Å². The Morgan fingerprint density at radius 2 is 2.10 bits per heavy atom. The van der Waals surface area contributed by atoms with Crippen LogP contribution in [0.5, 0.6) is 0 Å². The summed E-state index contributed by atoms with van der Waals surface area (Å²) in [7, 11) is 1.13. The number of benzene rings is 1. The van der Waals surface area contributed by atoms with Gasteiger partial charge >= 0.3 is 12.1 Å². The van der Waals surface area contributed by atoms with Crippen molar-refractivity contribution in [1.29, 1.82) is 0 Å². The first-order chi connectivity index (χ1) is 9.81. The van der Waals surface area contributed by atoms with E-state index >= 15 is 0 Å². The number of carbonyl (C=O) groups excluding carboxylic acids is 1. The van der Waals surface area contributed by atoms with E-state index in [4.69, 9.17) is 0 Å². The number of rotatable bonds is 3. The summed E-state index contributed by atoms with van der Waals surface area (Å²) in [6.45, 7) is 2.04. The molecule has 0 aliphatic rings. The molecule has 0 N–H and O–H groups in total. The van der Waals surface area contributed by atoms with Crippen LogP contribution >= 0.6 is 0 Å². The first-order valence-corrected chi connectivity index (χ1v) is 6.09. The number of aromatic nitrogens is 2. The number of nitrogens with zero attached hydrogens (tertiary/aromatic N) is 2. The molecule has 4 nitrogen and oxygen atoms in total. The lowest BCUT2D eigenvalue weighted by Gasteiger charge is -2.12. The van der Waals surface area contributed by atoms with Gasteiger partial charge in [-0.2, -0.15) is 18.3 Å². The third-order valence-corrected chi connectivity index (χ3v) is 2.94. The zero-order valence-corrected chi connectivity index (χ0v) is 11.4. The molecule has 112 valence electrons. The van der Waals surface area contributed by atoms with Crippen LogP contribution in [0.4, 0.5) is 13.2 Å². The largest absolute Gasteiger partial charge is 0.465 e. The Morgan fingerprint density at radius 3 is 2.62 bits per heavy atom. The summed E-state index contributed by atoms with van der Waals surface area (Å²) in [5, 5.41) is 4.05. The number of hydrogen-bond acceptors (Lipinski definition) is 3. The molecule has 0 fully saturated rings. The van der Waals surface area contributed by atoms with Gasteiger partial charge in [-0.05, 0) is 30.2 Å². The third kappa shape index (κ3) is 3.42. The molecule has 1 aromatic carbocycles. The molecule has 0 bridgehead atoms. The predicted molar refractivity (Wildman–Crippen MR) is 68.8 cm³/mol. The second-order valence-corrected chi connectivity index (χ2v) is 4.58. The molecule has 1 heterocycles.